The van der Waals surface area contributed by atoms with Crippen LogP contribution in [0.1, 0.15) is 32.1 Å². The lowest BCUT2D eigenvalue weighted by Gasteiger charge is -2.45. The molecule has 120 valence electrons. The molecule has 3 saturated heterocycles. The summed E-state index contributed by atoms with van der Waals surface area (Å²) in [7, 11) is 0. The van der Waals surface area contributed by atoms with Crippen LogP contribution in [0.15, 0.2) is 0 Å². The van der Waals surface area contributed by atoms with E-state index < -0.39 is 0 Å². The third-order valence-electron chi connectivity index (χ3n) is 5.32. The molecule has 1 amide bonds. The van der Waals surface area contributed by atoms with Crippen molar-refractivity contribution < 1.29 is 14.6 Å². The molecule has 3 aliphatic heterocycles. The number of hydrogen-bond donors (Lipinski definition) is 1. The van der Waals surface area contributed by atoms with Crippen molar-refractivity contribution in [1.82, 2.24) is 9.80 Å². The van der Waals surface area contributed by atoms with Gasteiger partial charge in [-0.25, -0.2) is 0 Å². The van der Waals surface area contributed by atoms with Gasteiger partial charge in [0.05, 0.1) is 25.2 Å². The summed E-state index contributed by atoms with van der Waals surface area (Å²) in [6.07, 6.45) is 5.55. The lowest BCUT2D eigenvalue weighted by molar-refractivity contribution is -0.152. The van der Waals surface area contributed by atoms with Crippen LogP contribution in [0.3, 0.4) is 0 Å². The zero-order valence-corrected chi connectivity index (χ0v) is 12.9. The van der Waals surface area contributed by atoms with Gasteiger partial charge in [-0.1, -0.05) is 0 Å². The normalized spacial score (nSPS) is 27.4. The number of hydrogen-bond acceptors (Lipinski definition) is 4. The topological polar surface area (TPSA) is 53.0 Å². The van der Waals surface area contributed by atoms with E-state index in [0.717, 1.165) is 45.6 Å². The highest BCUT2D eigenvalue weighted by molar-refractivity contribution is 5.79. The molecule has 0 atom stereocenters. The Labute approximate surface area is 127 Å². The minimum atomic E-state index is -0.0380. The average Bonchev–Trinajstić information content (AvgIpc) is 2.52. The third-order valence-corrected chi connectivity index (χ3v) is 5.32. The van der Waals surface area contributed by atoms with Gasteiger partial charge >= 0.3 is 0 Å². The van der Waals surface area contributed by atoms with Crippen molar-refractivity contribution in [3.63, 3.8) is 0 Å². The second-order valence-corrected chi connectivity index (χ2v) is 7.09. The van der Waals surface area contributed by atoms with Crippen LogP contribution in [0.25, 0.3) is 0 Å². The van der Waals surface area contributed by atoms with Gasteiger partial charge in [0.2, 0.25) is 5.91 Å². The molecular weight excluding hydrogens is 268 g/mol. The second kappa shape index (κ2) is 6.63. The van der Waals surface area contributed by atoms with Crippen molar-refractivity contribution in [2.75, 3.05) is 52.5 Å². The molecule has 3 fully saturated rings. The zero-order valence-electron chi connectivity index (χ0n) is 12.9. The standard InChI is InChI=1S/C16H28N2O3/c19-11-16(12-21-13-16)10-17-8-4-14(5-9-17)15(20)18-6-2-1-3-7-18/h14,19H,1-13H2. The van der Waals surface area contributed by atoms with Gasteiger partial charge in [-0.05, 0) is 45.2 Å². The Kier molecular flexibility index (Phi) is 4.82. The maximum absolute atomic E-state index is 12.5. The van der Waals surface area contributed by atoms with E-state index in [1.807, 2.05) is 0 Å². The summed E-state index contributed by atoms with van der Waals surface area (Å²) in [5, 5.41) is 9.51. The van der Waals surface area contributed by atoms with Crippen LogP contribution in [-0.4, -0.2) is 73.4 Å². The van der Waals surface area contributed by atoms with Crippen LogP contribution in [0.5, 0.6) is 0 Å². The molecule has 0 spiro atoms. The van der Waals surface area contributed by atoms with Crippen LogP contribution in [0, 0.1) is 11.3 Å². The van der Waals surface area contributed by atoms with E-state index in [-0.39, 0.29) is 17.9 Å². The largest absolute Gasteiger partial charge is 0.396 e. The molecule has 3 heterocycles. The lowest BCUT2D eigenvalue weighted by atomic mass is 9.85. The first kappa shape index (κ1) is 15.3. The highest BCUT2D eigenvalue weighted by atomic mass is 16.5. The Balaban J connectivity index is 1.45. The number of rotatable bonds is 4. The number of carbonyl (C=O) groups is 1. The second-order valence-electron chi connectivity index (χ2n) is 7.09. The first-order chi connectivity index (χ1) is 10.2. The molecule has 0 aliphatic carbocycles. The van der Waals surface area contributed by atoms with Gasteiger partial charge in [-0.3, -0.25) is 4.79 Å². The predicted molar refractivity (Wildman–Crippen MR) is 79.9 cm³/mol. The van der Waals surface area contributed by atoms with Crippen molar-refractivity contribution >= 4 is 5.91 Å². The Bertz CT molecular complexity index is 351. The summed E-state index contributed by atoms with van der Waals surface area (Å²) < 4.78 is 5.26. The molecule has 21 heavy (non-hydrogen) atoms. The summed E-state index contributed by atoms with van der Waals surface area (Å²) in [4.78, 5) is 17.0. The van der Waals surface area contributed by atoms with Crippen LogP contribution in [0.2, 0.25) is 0 Å². The molecule has 0 aromatic rings. The molecule has 3 rings (SSSR count). The minimum absolute atomic E-state index is 0.0380. The average molecular weight is 296 g/mol. The molecule has 0 saturated carbocycles. The van der Waals surface area contributed by atoms with Crippen molar-refractivity contribution in [3.05, 3.63) is 0 Å². The van der Waals surface area contributed by atoms with Crippen molar-refractivity contribution in [2.45, 2.75) is 32.1 Å². The summed E-state index contributed by atoms with van der Waals surface area (Å²) in [6, 6.07) is 0. The van der Waals surface area contributed by atoms with E-state index in [9.17, 15) is 9.90 Å². The van der Waals surface area contributed by atoms with E-state index in [1.165, 1.54) is 19.3 Å². The van der Waals surface area contributed by atoms with Crippen molar-refractivity contribution in [2.24, 2.45) is 11.3 Å². The van der Waals surface area contributed by atoms with Crippen LogP contribution in [0.4, 0.5) is 0 Å². The third kappa shape index (κ3) is 3.41. The van der Waals surface area contributed by atoms with Gasteiger partial charge < -0.3 is 19.6 Å². The Morgan fingerprint density at radius 3 is 2.29 bits per heavy atom. The minimum Gasteiger partial charge on any atom is -0.396 e. The van der Waals surface area contributed by atoms with Crippen LogP contribution >= 0.6 is 0 Å². The Morgan fingerprint density at radius 2 is 1.76 bits per heavy atom. The predicted octanol–water partition coefficient (Wildman–Crippen LogP) is 0.720. The molecule has 5 nitrogen and oxygen atoms in total. The van der Waals surface area contributed by atoms with Crippen molar-refractivity contribution in [3.8, 4) is 0 Å². The number of aliphatic hydroxyl groups excluding tert-OH is 1. The van der Waals surface area contributed by atoms with Gasteiger partial charge in [-0.15, -0.1) is 0 Å². The maximum atomic E-state index is 12.5. The molecule has 3 aliphatic rings. The fourth-order valence-electron chi connectivity index (χ4n) is 3.81. The first-order valence-electron chi connectivity index (χ1n) is 8.42. The van der Waals surface area contributed by atoms with Gasteiger partial charge in [0.25, 0.3) is 0 Å². The fraction of sp³-hybridized carbons (Fsp3) is 0.938. The molecular formula is C16H28N2O3. The van der Waals surface area contributed by atoms with Gasteiger partial charge in [0.1, 0.15) is 0 Å². The van der Waals surface area contributed by atoms with E-state index >= 15 is 0 Å². The first-order valence-corrected chi connectivity index (χ1v) is 8.42. The number of nitrogens with zero attached hydrogens (tertiary/aromatic N) is 2. The van der Waals surface area contributed by atoms with Crippen LogP contribution < -0.4 is 0 Å². The van der Waals surface area contributed by atoms with E-state index in [2.05, 4.69) is 9.80 Å². The number of carbonyl (C=O) groups excluding carboxylic acids is 1. The molecule has 0 bridgehead atoms. The molecule has 0 unspecified atom stereocenters. The summed E-state index contributed by atoms with van der Waals surface area (Å²) >= 11 is 0. The highest BCUT2D eigenvalue weighted by Gasteiger charge is 2.40. The van der Waals surface area contributed by atoms with E-state index in [1.54, 1.807) is 0 Å². The molecule has 0 aromatic carbocycles. The van der Waals surface area contributed by atoms with Crippen LogP contribution in [-0.2, 0) is 9.53 Å². The molecule has 5 heteroatoms. The quantitative estimate of drug-likeness (QED) is 0.830. The summed E-state index contributed by atoms with van der Waals surface area (Å²) in [5.41, 5.74) is -0.0380. The Hall–Kier alpha value is -0.650. The summed E-state index contributed by atoms with van der Waals surface area (Å²) in [5.74, 6) is 0.611. The maximum Gasteiger partial charge on any atom is 0.225 e. The molecule has 0 radical (unpaired) electrons. The van der Waals surface area contributed by atoms with Gasteiger partial charge in [-0.2, -0.15) is 0 Å². The monoisotopic (exact) mass is 296 g/mol. The van der Waals surface area contributed by atoms with E-state index in [4.69, 9.17) is 4.74 Å². The number of aliphatic hydroxyl groups is 1. The van der Waals surface area contributed by atoms with Gasteiger partial charge in [0.15, 0.2) is 0 Å². The number of likely N-dealkylation sites (tertiary alicyclic amines) is 2. The molecule has 1 N–H and O–H groups in total. The zero-order chi connectivity index (χ0) is 14.7. The fourth-order valence-corrected chi connectivity index (χ4v) is 3.81. The molecule has 0 aromatic heterocycles. The highest BCUT2D eigenvalue weighted by Crippen LogP contribution is 2.30. The lowest BCUT2D eigenvalue weighted by Crippen LogP contribution is -2.55. The number of ether oxygens (including phenoxy) is 1. The smallest absolute Gasteiger partial charge is 0.225 e. The van der Waals surface area contributed by atoms with Crippen molar-refractivity contribution in [1.29, 1.82) is 0 Å². The summed E-state index contributed by atoms with van der Waals surface area (Å²) in [6.45, 7) is 6.35. The van der Waals surface area contributed by atoms with E-state index in [0.29, 0.717) is 19.1 Å². The SMILES string of the molecule is O=C(C1CCN(CC2(CO)COC2)CC1)N1CCCCC1. The number of amides is 1. The van der Waals surface area contributed by atoms with Gasteiger partial charge in [0, 0.05) is 25.6 Å². The Morgan fingerprint density at radius 1 is 1.10 bits per heavy atom. The number of piperidine rings is 2.